The molecule has 0 aromatic heterocycles. The molecule has 0 heterocycles. The molecule has 2 aliphatic carbocycles. The van der Waals surface area contributed by atoms with Gasteiger partial charge < -0.3 is 19.3 Å². The van der Waals surface area contributed by atoms with Crippen LogP contribution in [0.1, 0.15) is 129 Å². The van der Waals surface area contributed by atoms with Crippen molar-refractivity contribution in [1.29, 1.82) is 0 Å². The molecule has 0 spiro atoms. The summed E-state index contributed by atoms with van der Waals surface area (Å²) < 4.78 is 30.3. The summed E-state index contributed by atoms with van der Waals surface area (Å²) in [4.78, 5) is 27.2. The number of carbonyl (C=O) groups is 1. The first-order valence-corrected chi connectivity index (χ1v) is 17.5. The van der Waals surface area contributed by atoms with Gasteiger partial charge in [-0.1, -0.05) is 70.3 Å². The third-order valence-corrected chi connectivity index (χ3v) is 9.86. The molecular formula is C34H52O7P-. The number of phenols is 1. The lowest BCUT2D eigenvalue weighted by Gasteiger charge is -2.39. The summed E-state index contributed by atoms with van der Waals surface area (Å²) in [5.74, 6) is -0.463. The molecule has 0 radical (unpaired) electrons. The summed E-state index contributed by atoms with van der Waals surface area (Å²) >= 11 is 0. The molecule has 0 aliphatic heterocycles. The van der Waals surface area contributed by atoms with Crippen molar-refractivity contribution in [2.45, 2.75) is 130 Å². The van der Waals surface area contributed by atoms with Crippen LogP contribution in [0.5, 0.6) is 11.5 Å². The number of ether oxygens (including phenoxy) is 1. The minimum atomic E-state index is -4.81. The Morgan fingerprint density at radius 2 is 1.81 bits per heavy atom. The maximum Gasteiger partial charge on any atom is 0.344 e. The summed E-state index contributed by atoms with van der Waals surface area (Å²) in [6.45, 7) is 14.5. The first-order valence-electron chi connectivity index (χ1n) is 16.0. The smallest absolute Gasteiger partial charge is 0.344 e. The lowest BCUT2D eigenvalue weighted by atomic mass is 9.73. The third-order valence-electron chi connectivity index (χ3n) is 8.82. The molecule has 7 nitrogen and oxygen atoms in total. The predicted octanol–water partition coefficient (Wildman–Crippen LogP) is 8.69. The Labute approximate surface area is 253 Å². The molecule has 1 N–H and O–H groups in total. The number of carbonyl (C=O) groups excluding carboxylic acids is 1. The van der Waals surface area contributed by atoms with Crippen molar-refractivity contribution in [3.63, 3.8) is 0 Å². The van der Waals surface area contributed by atoms with Gasteiger partial charge in [0.2, 0.25) is 0 Å². The van der Waals surface area contributed by atoms with Crippen molar-refractivity contribution < 1.29 is 33.1 Å². The number of phosphoric ester groups is 1. The molecule has 42 heavy (non-hydrogen) atoms. The Kier molecular flexibility index (Phi) is 12.9. The summed E-state index contributed by atoms with van der Waals surface area (Å²) in [6.07, 6.45) is 11.7. The highest BCUT2D eigenvalue weighted by atomic mass is 31.2. The van der Waals surface area contributed by atoms with Crippen molar-refractivity contribution in [1.82, 2.24) is 0 Å². The van der Waals surface area contributed by atoms with Crippen LogP contribution in [-0.2, 0) is 24.8 Å². The molecule has 0 saturated heterocycles. The Balaban J connectivity index is 1.97. The number of phenolic OH excluding ortho intramolecular Hbond substituents is 1. The van der Waals surface area contributed by atoms with Gasteiger partial charge in [-0.3, -0.25) is 9.09 Å². The minimum Gasteiger partial charge on any atom is -0.756 e. The molecule has 1 aromatic carbocycles. The molecule has 0 bridgehead atoms. The fourth-order valence-electron chi connectivity index (χ4n) is 6.64. The molecule has 2 aliphatic rings. The lowest BCUT2D eigenvalue weighted by molar-refractivity contribution is -0.241. The fourth-order valence-corrected chi connectivity index (χ4v) is 7.77. The monoisotopic (exact) mass is 603 g/mol. The molecule has 1 fully saturated rings. The molecule has 3 atom stereocenters. The topological polar surface area (TPSA) is 105 Å². The highest BCUT2D eigenvalue weighted by Crippen LogP contribution is 2.51. The van der Waals surface area contributed by atoms with E-state index in [1.54, 1.807) is 6.07 Å². The van der Waals surface area contributed by atoms with E-state index >= 15 is 0 Å². The van der Waals surface area contributed by atoms with Crippen molar-refractivity contribution in [2.24, 2.45) is 11.8 Å². The maximum absolute atomic E-state index is 14.0. The highest BCUT2D eigenvalue weighted by Gasteiger charge is 2.46. The van der Waals surface area contributed by atoms with Crippen LogP contribution < -0.4 is 9.63 Å². The van der Waals surface area contributed by atoms with Crippen LogP contribution in [0, 0.1) is 11.8 Å². The summed E-state index contributed by atoms with van der Waals surface area (Å²) in [5, 5.41) is 11.3. The summed E-state index contributed by atoms with van der Waals surface area (Å²) in [5.41, 5.74) is 1.91. The number of esters is 1. The predicted molar refractivity (Wildman–Crippen MR) is 166 cm³/mol. The van der Waals surface area contributed by atoms with E-state index in [1.807, 2.05) is 19.9 Å². The first-order chi connectivity index (χ1) is 19.9. The van der Waals surface area contributed by atoms with Crippen molar-refractivity contribution in [3.05, 3.63) is 47.1 Å². The standard InChI is InChI=1S/C34H53O7P/c1-7-13-26(14-8-2)23-39-42(37,38)41-34(18-11-10-12-19-34)33(36)40-31-22-27(15-9-3)21-30(35)32(31)29-20-25(6)16-17-28(29)24(4)5/h20-22,26,28-29,35H,4,7-19,23H2,1-3,5-6H3,(H,37,38)/p-1/t28-,29+/m0/s1. The van der Waals surface area contributed by atoms with E-state index in [2.05, 4.69) is 33.4 Å². The third kappa shape index (κ3) is 9.05. The zero-order valence-electron chi connectivity index (χ0n) is 26.4. The van der Waals surface area contributed by atoms with Crippen LogP contribution in [-0.4, -0.2) is 23.3 Å². The van der Waals surface area contributed by atoms with E-state index in [4.69, 9.17) is 13.8 Å². The highest BCUT2D eigenvalue weighted by molar-refractivity contribution is 7.46. The minimum absolute atomic E-state index is 0.0420. The zero-order valence-corrected chi connectivity index (χ0v) is 27.3. The number of hydrogen-bond acceptors (Lipinski definition) is 7. The Morgan fingerprint density at radius 1 is 1.14 bits per heavy atom. The molecule has 8 heteroatoms. The second-order valence-corrected chi connectivity index (χ2v) is 13.9. The van der Waals surface area contributed by atoms with E-state index in [-0.39, 0.29) is 48.7 Å². The fraction of sp³-hybridized carbons (Fsp3) is 0.676. The number of phosphoric acid groups is 1. The van der Waals surface area contributed by atoms with E-state index in [0.717, 1.165) is 62.5 Å². The van der Waals surface area contributed by atoms with Gasteiger partial charge in [0.1, 0.15) is 11.5 Å². The number of aromatic hydroxyl groups is 1. The number of aryl methyl sites for hydroxylation is 1. The normalized spacial score (nSPS) is 21.9. The zero-order chi connectivity index (χ0) is 30.9. The van der Waals surface area contributed by atoms with Crippen LogP contribution >= 0.6 is 7.82 Å². The molecule has 3 rings (SSSR count). The van der Waals surface area contributed by atoms with E-state index in [1.165, 1.54) is 5.57 Å². The molecule has 236 valence electrons. The van der Waals surface area contributed by atoms with Gasteiger partial charge in [0.25, 0.3) is 7.82 Å². The van der Waals surface area contributed by atoms with Crippen LogP contribution in [0.4, 0.5) is 0 Å². The quantitative estimate of drug-likeness (QED) is 0.0925. The van der Waals surface area contributed by atoms with E-state index < -0.39 is 19.4 Å². The second-order valence-electron chi connectivity index (χ2n) is 12.5. The Hall–Kier alpha value is -1.92. The number of benzene rings is 1. The van der Waals surface area contributed by atoms with Gasteiger partial charge in [0.15, 0.2) is 5.60 Å². The summed E-state index contributed by atoms with van der Waals surface area (Å²) in [7, 11) is -4.81. The van der Waals surface area contributed by atoms with Gasteiger partial charge in [0.05, 0.1) is 6.61 Å². The molecule has 0 amide bonds. The average molecular weight is 604 g/mol. The molecule has 1 aromatic rings. The van der Waals surface area contributed by atoms with Gasteiger partial charge >= 0.3 is 5.97 Å². The first kappa shape index (κ1) is 34.6. The number of rotatable bonds is 15. The van der Waals surface area contributed by atoms with Crippen LogP contribution in [0.3, 0.4) is 0 Å². The Morgan fingerprint density at radius 3 is 2.40 bits per heavy atom. The summed E-state index contributed by atoms with van der Waals surface area (Å²) in [6, 6.07) is 3.56. The van der Waals surface area contributed by atoms with Crippen molar-refractivity contribution in [3.8, 4) is 11.5 Å². The van der Waals surface area contributed by atoms with E-state index in [9.17, 15) is 19.4 Å². The van der Waals surface area contributed by atoms with Gasteiger partial charge in [0, 0.05) is 11.5 Å². The van der Waals surface area contributed by atoms with Crippen molar-refractivity contribution >= 4 is 13.8 Å². The number of allylic oxidation sites excluding steroid dienone is 3. The van der Waals surface area contributed by atoms with Gasteiger partial charge in [-0.2, -0.15) is 0 Å². The SMILES string of the molecule is C=C(C)[C@@H]1CCC(C)=C[C@H]1c1c(O)cc(CCC)cc1OC(=O)C1(OP(=O)([O-])OCC(CCC)CCC)CCCCC1. The second kappa shape index (κ2) is 15.7. The number of hydrogen-bond donors (Lipinski definition) is 1. The van der Waals surface area contributed by atoms with Gasteiger partial charge in [-0.15, -0.1) is 0 Å². The van der Waals surface area contributed by atoms with Gasteiger partial charge in [-0.25, -0.2) is 4.79 Å². The maximum atomic E-state index is 14.0. The van der Waals surface area contributed by atoms with Crippen LogP contribution in [0.15, 0.2) is 35.9 Å². The van der Waals surface area contributed by atoms with Gasteiger partial charge in [-0.05, 0) is 101 Å². The Bertz CT molecular complexity index is 1140. The molecular weight excluding hydrogens is 551 g/mol. The molecule has 1 unspecified atom stereocenters. The average Bonchev–Trinajstić information content (AvgIpc) is 2.92. The van der Waals surface area contributed by atoms with Crippen molar-refractivity contribution in [2.75, 3.05) is 6.61 Å². The molecule has 1 saturated carbocycles. The van der Waals surface area contributed by atoms with Crippen LogP contribution in [0.25, 0.3) is 0 Å². The van der Waals surface area contributed by atoms with E-state index in [0.29, 0.717) is 24.8 Å². The van der Waals surface area contributed by atoms with Crippen LogP contribution in [0.2, 0.25) is 0 Å². The lowest BCUT2D eigenvalue weighted by Crippen LogP contribution is -2.46. The largest absolute Gasteiger partial charge is 0.756 e.